The molecule has 0 saturated heterocycles. The minimum Gasteiger partial charge on any atom is -0.432 e. The Labute approximate surface area is 120 Å². The number of hydrogen-bond acceptors (Lipinski definition) is 5. The number of hydrogen-bond donors (Lipinski definition) is 0. The zero-order chi connectivity index (χ0) is 14.8. The fraction of sp³-hybridized carbons (Fsp3) is 0.0667. The number of nitro groups is 1. The minimum absolute atomic E-state index is 0.0392. The number of para-hydroxylation sites is 1. The van der Waals surface area contributed by atoms with Gasteiger partial charge in [0.2, 0.25) is 0 Å². The smallest absolute Gasteiger partial charge is 0.331 e. The van der Waals surface area contributed by atoms with Crippen LogP contribution in [0.2, 0.25) is 0 Å². The number of aromatic nitrogens is 2. The summed E-state index contributed by atoms with van der Waals surface area (Å²) < 4.78 is 5.52. The lowest BCUT2D eigenvalue weighted by molar-refractivity contribution is -0.386. The summed E-state index contributed by atoms with van der Waals surface area (Å²) in [7, 11) is 0. The Morgan fingerprint density at radius 2 is 1.95 bits per heavy atom. The second-order valence-corrected chi connectivity index (χ2v) is 4.56. The molecule has 0 fully saturated rings. The second kappa shape index (κ2) is 5.16. The largest absolute Gasteiger partial charge is 0.432 e. The molecule has 0 spiro atoms. The van der Waals surface area contributed by atoms with Gasteiger partial charge in [-0.05, 0) is 24.6 Å². The number of rotatable bonds is 3. The molecule has 0 saturated carbocycles. The Morgan fingerprint density at radius 1 is 1.14 bits per heavy atom. The van der Waals surface area contributed by atoms with Crippen molar-refractivity contribution in [3.05, 3.63) is 64.5 Å². The molecule has 0 aliphatic heterocycles. The van der Waals surface area contributed by atoms with Crippen molar-refractivity contribution < 1.29 is 9.66 Å². The number of fused-ring (bicyclic) bond motifs is 1. The Kier molecular flexibility index (Phi) is 3.19. The summed E-state index contributed by atoms with van der Waals surface area (Å²) in [5.74, 6) is 0.371. The van der Waals surface area contributed by atoms with E-state index in [0.717, 1.165) is 10.9 Å². The zero-order valence-electron chi connectivity index (χ0n) is 11.2. The molecule has 0 bridgehead atoms. The molecular weight excluding hydrogens is 270 g/mol. The van der Waals surface area contributed by atoms with Gasteiger partial charge < -0.3 is 4.74 Å². The van der Waals surface area contributed by atoms with Gasteiger partial charge in [-0.15, -0.1) is 0 Å². The monoisotopic (exact) mass is 281 g/mol. The predicted octanol–water partition coefficient (Wildman–Crippen LogP) is 3.64. The van der Waals surface area contributed by atoms with E-state index in [2.05, 4.69) is 9.97 Å². The van der Waals surface area contributed by atoms with Gasteiger partial charge in [-0.25, -0.2) is 4.98 Å². The van der Waals surface area contributed by atoms with Crippen LogP contribution < -0.4 is 4.74 Å². The molecule has 104 valence electrons. The molecule has 21 heavy (non-hydrogen) atoms. The van der Waals surface area contributed by atoms with E-state index in [0.29, 0.717) is 11.3 Å². The van der Waals surface area contributed by atoms with Crippen molar-refractivity contribution in [1.29, 1.82) is 0 Å². The van der Waals surface area contributed by atoms with Crippen molar-refractivity contribution in [1.82, 2.24) is 9.97 Å². The van der Waals surface area contributed by atoms with Crippen molar-refractivity contribution in [3.8, 4) is 11.6 Å². The summed E-state index contributed by atoms with van der Waals surface area (Å²) in [4.78, 5) is 18.8. The maximum atomic E-state index is 11.0. The van der Waals surface area contributed by atoms with E-state index in [1.807, 2.05) is 24.3 Å². The summed E-state index contributed by atoms with van der Waals surface area (Å²) in [6.07, 6.45) is 3.05. The topological polar surface area (TPSA) is 78.2 Å². The summed E-state index contributed by atoms with van der Waals surface area (Å²) >= 11 is 0. The summed E-state index contributed by atoms with van der Waals surface area (Å²) in [6.45, 7) is 1.74. The lowest BCUT2D eigenvalue weighted by Crippen LogP contribution is -1.97. The lowest BCUT2D eigenvalue weighted by atomic mass is 10.2. The van der Waals surface area contributed by atoms with Gasteiger partial charge in [0.15, 0.2) is 0 Å². The molecule has 0 atom stereocenters. The molecule has 0 aliphatic rings. The number of nitrogens with zero attached hydrogens (tertiary/aromatic N) is 3. The molecule has 0 radical (unpaired) electrons. The highest BCUT2D eigenvalue weighted by Crippen LogP contribution is 2.30. The van der Waals surface area contributed by atoms with Crippen LogP contribution >= 0.6 is 0 Å². The molecule has 6 heteroatoms. The van der Waals surface area contributed by atoms with Crippen LogP contribution in [0.25, 0.3) is 10.9 Å². The van der Waals surface area contributed by atoms with Crippen molar-refractivity contribution in [3.63, 3.8) is 0 Å². The Balaban J connectivity index is 2.00. The molecule has 6 nitrogen and oxygen atoms in total. The molecule has 0 unspecified atom stereocenters. The lowest BCUT2D eigenvalue weighted by Gasteiger charge is -2.06. The Bertz CT molecular complexity index is 833. The van der Waals surface area contributed by atoms with Gasteiger partial charge >= 0.3 is 5.69 Å². The standard InChI is InChI=1S/C15H11N3O3/c1-10-6-14(18(19)20)15(17-8-10)21-12-7-11-4-2-3-5-13(11)16-9-12/h2-9H,1H3. The molecule has 0 N–H and O–H groups in total. The van der Waals surface area contributed by atoms with E-state index >= 15 is 0 Å². The van der Waals surface area contributed by atoms with Crippen LogP contribution in [0, 0.1) is 17.0 Å². The summed E-state index contributed by atoms with van der Waals surface area (Å²) in [6, 6.07) is 10.8. The average Bonchev–Trinajstić information content (AvgIpc) is 2.49. The van der Waals surface area contributed by atoms with Crippen molar-refractivity contribution in [2.45, 2.75) is 6.92 Å². The number of pyridine rings is 2. The highest BCUT2D eigenvalue weighted by atomic mass is 16.6. The van der Waals surface area contributed by atoms with Crippen LogP contribution in [0.5, 0.6) is 11.6 Å². The Hall–Kier alpha value is -3.02. The maximum Gasteiger partial charge on any atom is 0.331 e. The van der Waals surface area contributed by atoms with Crippen LogP contribution in [0.3, 0.4) is 0 Å². The van der Waals surface area contributed by atoms with Crippen LogP contribution in [0.1, 0.15) is 5.56 Å². The maximum absolute atomic E-state index is 11.0. The molecule has 0 aliphatic carbocycles. The fourth-order valence-corrected chi connectivity index (χ4v) is 1.97. The van der Waals surface area contributed by atoms with Crippen LogP contribution in [-0.2, 0) is 0 Å². The minimum atomic E-state index is -0.510. The molecule has 2 heterocycles. The van der Waals surface area contributed by atoms with Crippen LogP contribution in [-0.4, -0.2) is 14.9 Å². The fourth-order valence-electron chi connectivity index (χ4n) is 1.97. The first-order valence-corrected chi connectivity index (χ1v) is 6.27. The third kappa shape index (κ3) is 2.64. The zero-order valence-corrected chi connectivity index (χ0v) is 11.2. The van der Waals surface area contributed by atoms with E-state index in [4.69, 9.17) is 4.74 Å². The normalized spacial score (nSPS) is 10.5. The summed E-state index contributed by atoms with van der Waals surface area (Å²) in [5.41, 5.74) is 1.37. The van der Waals surface area contributed by atoms with Gasteiger partial charge in [0.05, 0.1) is 16.6 Å². The van der Waals surface area contributed by atoms with Gasteiger partial charge in [0.25, 0.3) is 5.88 Å². The highest BCUT2D eigenvalue weighted by molar-refractivity contribution is 5.79. The molecule has 3 aromatic rings. The highest BCUT2D eigenvalue weighted by Gasteiger charge is 2.18. The van der Waals surface area contributed by atoms with Crippen LogP contribution in [0.15, 0.2) is 48.8 Å². The van der Waals surface area contributed by atoms with Gasteiger partial charge in [-0.3, -0.25) is 15.1 Å². The number of ether oxygens (including phenoxy) is 1. The summed E-state index contributed by atoms with van der Waals surface area (Å²) in [5, 5.41) is 11.9. The predicted molar refractivity (Wildman–Crippen MR) is 77.4 cm³/mol. The van der Waals surface area contributed by atoms with Gasteiger partial charge in [0, 0.05) is 17.6 Å². The van der Waals surface area contributed by atoms with Crippen LogP contribution in [0.4, 0.5) is 5.69 Å². The van der Waals surface area contributed by atoms with E-state index in [1.165, 1.54) is 18.5 Å². The van der Waals surface area contributed by atoms with Crippen molar-refractivity contribution >= 4 is 16.6 Å². The van der Waals surface area contributed by atoms with Crippen molar-refractivity contribution in [2.24, 2.45) is 0 Å². The first-order chi connectivity index (χ1) is 10.1. The molecular formula is C15H11N3O3. The third-order valence-corrected chi connectivity index (χ3v) is 2.95. The second-order valence-electron chi connectivity index (χ2n) is 4.56. The van der Waals surface area contributed by atoms with E-state index in [9.17, 15) is 10.1 Å². The van der Waals surface area contributed by atoms with Gasteiger partial charge in [0.1, 0.15) is 5.75 Å². The first-order valence-electron chi connectivity index (χ1n) is 6.27. The SMILES string of the molecule is Cc1cnc(Oc2cnc3ccccc3c2)c([N+](=O)[O-])c1. The van der Waals surface area contributed by atoms with E-state index < -0.39 is 4.92 Å². The molecule has 1 aromatic carbocycles. The van der Waals surface area contributed by atoms with Gasteiger partial charge in [-0.2, -0.15) is 0 Å². The van der Waals surface area contributed by atoms with E-state index in [-0.39, 0.29) is 11.6 Å². The first kappa shape index (κ1) is 13.0. The average molecular weight is 281 g/mol. The Morgan fingerprint density at radius 3 is 2.76 bits per heavy atom. The van der Waals surface area contributed by atoms with Crippen molar-refractivity contribution in [2.75, 3.05) is 0 Å². The van der Waals surface area contributed by atoms with Gasteiger partial charge in [-0.1, -0.05) is 18.2 Å². The molecule has 3 rings (SSSR count). The molecule has 0 amide bonds. The van der Waals surface area contributed by atoms with E-state index in [1.54, 1.807) is 13.0 Å². The third-order valence-electron chi connectivity index (χ3n) is 2.95. The quantitative estimate of drug-likeness (QED) is 0.541. The number of benzene rings is 1. The molecule has 2 aromatic heterocycles. The number of aryl methyl sites for hydroxylation is 1.